The fourth-order valence-corrected chi connectivity index (χ4v) is 1.04. The Morgan fingerprint density at radius 3 is 1.71 bits per heavy atom. The highest BCUT2D eigenvalue weighted by Gasteiger charge is 2.56. The molecule has 14 heavy (non-hydrogen) atoms. The molecule has 0 aromatic rings. The van der Waals surface area contributed by atoms with E-state index in [1.807, 2.05) is 0 Å². The molecule has 5 heteroatoms. The van der Waals surface area contributed by atoms with E-state index < -0.39 is 28.9 Å². The van der Waals surface area contributed by atoms with Crippen LogP contribution in [0, 0.1) is 5.41 Å². The number of rotatable bonds is 1. The standard InChI is InChI=1S/C9H12O5/c1-5(10)9(4)6(11)13-8(2,3)14-7(9)12/h1-4H3. The molecular weight excluding hydrogens is 188 g/mol. The SMILES string of the molecule is CC(=O)C1(C)C(=O)OC(C)(C)OC1=O. The molecule has 0 aromatic heterocycles. The smallest absolute Gasteiger partial charge is 0.334 e. The van der Waals surface area contributed by atoms with E-state index in [-0.39, 0.29) is 0 Å². The minimum atomic E-state index is -1.81. The van der Waals surface area contributed by atoms with E-state index >= 15 is 0 Å². The zero-order valence-electron chi connectivity index (χ0n) is 8.54. The van der Waals surface area contributed by atoms with Gasteiger partial charge >= 0.3 is 11.9 Å². The Labute approximate surface area is 81.4 Å². The molecular formula is C9H12O5. The maximum absolute atomic E-state index is 11.4. The lowest BCUT2D eigenvalue weighted by Gasteiger charge is -2.36. The van der Waals surface area contributed by atoms with Crippen molar-refractivity contribution in [3.63, 3.8) is 0 Å². The van der Waals surface area contributed by atoms with Crippen molar-refractivity contribution < 1.29 is 23.9 Å². The first-order chi connectivity index (χ1) is 6.20. The number of Topliss-reactive ketones (excluding diaryl/α,β-unsaturated/α-hetero) is 1. The Morgan fingerprint density at radius 1 is 1.07 bits per heavy atom. The van der Waals surface area contributed by atoms with Gasteiger partial charge in [0, 0.05) is 13.8 Å². The van der Waals surface area contributed by atoms with Gasteiger partial charge in [-0.1, -0.05) is 0 Å². The second kappa shape index (κ2) is 2.80. The van der Waals surface area contributed by atoms with Gasteiger partial charge in [0.1, 0.15) is 0 Å². The van der Waals surface area contributed by atoms with E-state index in [9.17, 15) is 14.4 Å². The van der Waals surface area contributed by atoms with E-state index in [1.165, 1.54) is 20.8 Å². The van der Waals surface area contributed by atoms with Crippen LogP contribution in [0.5, 0.6) is 0 Å². The normalized spacial score (nSPS) is 23.7. The van der Waals surface area contributed by atoms with Crippen molar-refractivity contribution in [2.24, 2.45) is 5.41 Å². The summed E-state index contributed by atoms with van der Waals surface area (Å²) in [6.07, 6.45) is 0. The third-order valence-corrected chi connectivity index (χ3v) is 2.20. The monoisotopic (exact) mass is 200 g/mol. The van der Waals surface area contributed by atoms with Gasteiger partial charge in [0.05, 0.1) is 0 Å². The molecule has 0 aliphatic carbocycles. The minimum Gasteiger partial charge on any atom is -0.422 e. The maximum atomic E-state index is 11.4. The lowest BCUT2D eigenvalue weighted by molar-refractivity contribution is -0.247. The van der Waals surface area contributed by atoms with Crippen molar-refractivity contribution in [2.45, 2.75) is 33.5 Å². The summed E-state index contributed by atoms with van der Waals surface area (Å²) in [6.45, 7) is 5.22. The number of ether oxygens (including phenoxy) is 2. The van der Waals surface area contributed by atoms with Gasteiger partial charge in [-0.3, -0.25) is 14.4 Å². The molecule has 0 unspecified atom stereocenters. The first kappa shape index (κ1) is 10.7. The van der Waals surface area contributed by atoms with Gasteiger partial charge < -0.3 is 9.47 Å². The molecule has 1 aliphatic rings. The predicted molar refractivity (Wildman–Crippen MR) is 45.1 cm³/mol. The maximum Gasteiger partial charge on any atom is 0.334 e. The fraction of sp³-hybridized carbons (Fsp3) is 0.667. The number of carbonyl (C=O) groups is 3. The lowest BCUT2D eigenvalue weighted by atomic mass is 9.85. The fourth-order valence-electron chi connectivity index (χ4n) is 1.04. The number of carbonyl (C=O) groups excluding carboxylic acids is 3. The minimum absolute atomic E-state index is 0.581. The number of cyclic esters (lactones) is 2. The molecule has 5 nitrogen and oxygen atoms in total. The van der Waals surface area contributed by atoms with E-state index in [0.717, 1.165) is 6.92 Å². The van der Waals surface area contributed by atoms with Crippen molar-refractivity contribution in [2.75, 3.05) is 0 Å². The van der Waals surface area contributed by atoms with Crippen LogP contribution >= 0.6 is 0 Å². The molecule has 1 fully saturated rings. The molecule has 0 amide bonds. The lowest BCUT2D eigenvalue weighted by Crippen LogP contribution is -2.55. The quantitative estimate of drug-likeness (QED) is 0.453. The van der Waals surface area contributed by atoms with Crippen LogP contribution in [0.1, 0.15) is 27.7 Å². The van der Waals surface area contributed by atoms with E-state index in [1.54, 1.807) is 0 Å². The zero-order valence-corrected chi connectivity index (χ0v) is 8.54. The average molecular weight is 200 g/mol. The number of ketones is 1. The molecule has 78 valence electrons. The molecule has 1 aliphatic heterocycles. The van der Waals surface area contributed by atoms with Gasteiger partial charge in [-0.25, -0.2) is 0 Å². The molecule has 0 spiro atoms. The summed E-state index contributed by atoms with van der Waals surface area (Å²) in [7, 11) is 0. The summed E-state index contributed by atoms with van der Waals surface area (Å²) in [6, 6.07) is 0. The Balaban J connectivity index is 3.09. The third kappa shape index (κ3) is 1.38. The van der Waals surface area contributed by atoms with Crippen molar-refractivity contribution >= 4 is 17.7 Å². The van der Waals surface area contributed by atoms with E-state index in [4.69, 9.17) is 9.47 Å². The van der Waals surface area contributed by atoms with Gasteiger partial charge in [0.2, 0.25) is 5.41 Å². The highest BCUT2D eigenvalue weighted by molar-refractivity contribution is 6.19. The van der Waals surface area contributed by atoms with Crippen molar-refractivity contribution in [1.29, 1.82) is 0 Å². The Kier molecular flexibility index (Phi) is 2.14. The Bertz CT molecular complexity index is 295. The van der Waals surface area contributed by atoms with Crippen LogP contribution in [0.15, 0.2) is 0 Å². The molecule has 0 N–H and O–H groups in total. The summed E-state index contributed by atoms with van der Waals surface area (Å²) < 4.78 is 9.64. The second-order valence-corrected chi connectivity index (χ2v) is 3.86. The number of esters is 2. The van der Waals surface area contributed by atoms with E-state index in [2.05, 4.69) is 0 Å². The second-order valence-electron chi connectivity index (χ2n) is 3.86. The molecule has 0 aromatic carbocycles. The van der Waals surface area contributed by atoms with Crippen LogP contribution in [-0.2, 0) is 23.9 Å². The molecule has 0 atom stereocenters. The van der Waals surface area contributed by atoms with Gasteiger partial charge in [-0.05, 0) is 13.8 Å². The molecule has 1 saturated heterocycles. The number of hydrogen-bond acceptors (Lipinski definition) is 5. The van der Waals surface area contributed by atoms with Crippen LogP contribution in [0.4, 0.5) is 0 Å². The topological polar surface area (TPSA) is 69.7 Å². The van der Waals surface area contributed by atoms with Crippen molar-refractivity contribution in [3.8, 4) is 0 Å². The van der Waals surface area contributed by atoms with E-state index in [0.29, 0.717) is 0 Å². The summed E-state index contributed by atoms with van der Waals surface area (Å²) in [5, 5.41) is 0. The largest absolute Gasteiger partial charge is 0.422 e. The predicted octanol–water partition coefficient (Wildman–Crippen LogP) is 0.418. The van der Waals surface area contributed by atoms with Crippen LogP contribution in [0.25, 0.3) is 0 Å². The van der Waals surface area contributed by atoms with Crippen LogP contribution in [0.3, 0.4) is 0 Å². The van der Waals surface area contributed by atoms with Crippen LogP contribution in [-0.4, -0.2) is 23.5 Å². The summed E-state index contributed by atoms with van der Waals surface area (Å²) in [5.74, 6) is -3.58. The molecule has 1 rings (SSSR count). The van der Waals surface area contributed by atoms with Gasteiger partial charge in [-0.15, -0.1) is 0 Å². The zero-order chi connectivity index (χ0) is 11.1. The van der Waals surface area contributed by atoms with Gasteiger partial charge in [0.15, 0.2) is 5.78 Å². The Morgan fingerprint density at radius 2 is 1.43 bits per heavy atom. The summed E-state index contributed by atoms with van der Waals surface area (Å²) >= 11 is 0. The summed E-state index contributed by atoms with van der Waals surface area (Å²) in [5.41, 5.74) is -1.81. The van der Waals surface area contributed by atoms with Gasteiger partial charge in [0.25, 0.3) is 5.79 Å². The third-order valence-electron chi connectivity index (χ3n) is 2.20. The molecule has 0 radical (unpaired) electrons. The first-order valence-corrected chi connectivity index (χ1v) is 4.18. The number of hydrogen-bond donors (Lipinski definition) is 0. The molecule has 1 heterocycles. The van der Waals surface area contributed by atoms with Crippen molar-refractivity contribution in [3.05, 3.63) is 0 Å². The van der Waals surface area contributed by atoms with Crippen LogP contribution in [0.2, 0.25) is 0 Å². The highest BCUT2D eigenvalue weighted by atomic mass is 16.7. The van der Waals surface area contributed by atoms with Crippen LogP contribution < -0.4 is 0 Å². The summed E-state index contributed by atoms with van der Waals surface area (Å²) in [4.78, 5) is 34.0. The Hall–Kier alpha value is -1.39. The molecule has 0 bridgehead atoms. The average Bonchev–Trinajstić information content (AvgIpc) is 1.97. The van der Waals surface area contributed by atoms with Crippen molar-refractivity contribution in [1.82, 2.24) is 0 Å². The van der Waals surface area contributed by atoms with Gasteiger partial charge in [-0.2, -0.15) is 0 Å². The highest BCUT2D eigenvalue weighted by Crippen LogP contribution is 2.32. The molecule has 0 saturated carbocycles. The first-order valence-electron chi connectivity index (χ1n) is 4.18.